The first-order valence-corrected chi connectivity index (χ1v) is 6.25. The van der Waals surface area contributed by atoms with E-state index in [1.54, 1.807) is 33.4 Å². The monoisotopic (exact) mass is 186 g/mol. The van der Waals surface area contributed by atoms with Gasteiger partial charge in [-0.15, -0.1) is 0 Å². The molecule has 0 unspecified atom stereocenters. The summed E-state index contributed by atoms with van der Waals surface area (Å²) < 4.78 is 11.6. The maximum absolute atomic E-state index is 11.6. The number of nitrogens with zero attached hydrogens (tertiary/aromatic N) is 2. The van der Waals surface area contributed by atoms with Crippen molar-refractivity contribution in [3.8, 4) is 0 Å². The average molecular weight is 186 g/mol. The molecule has 0 atom stereocenters. The fraction of sp³-hybridized carbons (Fsp3) is 0.500. The van der Waals surface area contributed by atoms with Crippen LogP contribution < -0.4 is 0 Å². The molecule has 0 N–H and O–H groups in total. The summed E-state index contributed by atoms with van der Waals surface area (Å²) in [6.07, 6.45) is 1.65. The van der Waals surface area contributed by atoms with E-state index >= 15 is 0 Å². The van der Waals surface area contributed by atoms with Crippen molar-refractivity contribution in [2.75, 3.05) is 13.3 Å². The van der Waals surface area contributed by atoms with Gasteiger partial charge in [0, 0.05) is 6.21 Å². The van der Waals surface area contributed by atoms with Gasteiger partial charge in [0.25, 0.3) is 0 Å². The Hall–Kier alpha value is -0.690. The van der Waals surface area contributed by atoms with E-state index in [1.807, 2.05) is 0 Å². The van der Waals surface area contributed by atoms with Gasteiger partial charge in [0.2, 0.25) is 0 Å². The number of rotatable bonds is 3. The average Bonchev–Trinajstić information content (AvgIpc) is 1.85. The van der Waals surface area contributed by atoms with Crippen molar-refractivity contribution in [1.82, 2.24) is 0 Å². The molecule has 0 aliphatic heterocycles. The molecule has 0 fully saturated rings. The first kappa shape index (κ1) is 11.3. The molecule has 0 amide bonds. The largest absolute Gasteiger partial charge is 0.318 e. The van der Waals surface area contributed by atoms with Gasteiger partial charge in [0.1, 0.15) is 12.6 Å². The van der Waals surface area contributed by atoms with Gasteiger partial charge >= 0.3 is 0 Å². The molecule has 3 nitrogen and oxygen atoms in total. The quantitative estimate of drug-likeness (QED) is 0.493. The van der Waals surface area contributed by atoms with Gasteiger partial charge in [-0.3, -0.25) is 9.98 Å². The molecular weight excluding hydrogens is 171 g/mol. The summed E-state index contributed by atoms with van der Waals surface area (Å²) in [5, 5.41) is 0. The van der Waals surface area contributed by atoms with E-state index in [-0.39, 0.29) is 0 Å². The van der Waals surface area contributed by atoms with E-state index in [9.17, 15) is 4.57 Å². The summed E-state index contributed by atoms with van der Waals surface area (Å²) in [4.78, 5) is 7.74. The van der Waals surface area contributed by atoms with E-state index in [4.69, 9.17) is 0 Å². The molecule has 0 saturated heterocycles. The number of aliphatic imine (C=N–C) groups is 2. The lowest BCUT2D eigenvalue weighted by Gasteiger charge is -2.07. The van der Waals surface area contributed by atoms with E-state index in [2.05, 4.69) is 16.7 Å². The van der Waals surface area contributed by atoms with Gasteiger partial charge in [-0.1, -0.05) is 0 Å². The molecule has 4 heteroatoms. The van der Waals surface area contributed by atoms with Crippen molar-refractivity contribution in [1.29, 1.82) is 0 Å². The van der Waals surface area contributed by atoms with Crippen LogP contribution in [0.2, 0.25) is 0 Å². The molecule has 0 bridgehead atoms. The Morgan fingerprint density at radius 3 is 2.25 bits per heavy atom. The highest BCUT2D eigenvalue weighted by atomic mass is 31.2. The Kier molecular flexibility index (Phi) is 4.11. The maximum Gasteiger partial charge on any atom is 0.129 e. The molecule has 0 aliphatic rings. The molecule has 0 aromatic rings. The molecule has 0 aliphatic carbocycles. The highest BCUT2D eigenvalue weighted by molar-refractivity contribution is 7.66. The topological polar surface area (TPSA) is 41.8 Å². The van der Waals surface area contributed by atoms with Crippen LogP contribution in [-0.2, 0) is 4.57 Å². The molecule has 0 saturated carbocycles. The molecule has 0 radical (unpaired) electrons. The minimum absolute atomic E-state index is 0.514. The summed E-state index contributed by atoms with van der Waals surface area (Å²) >= 11 is 0. The minimum atomic E-state index is -2.32. The predicted octanol–water partition coefficient (Wildman–Crippen LogP) is 2.59. The van der Waals surface area contributed by atoms with Gasteiger partial charge in [-0.25, -0.2) is 0 Å². The second-order valence-electron chi connectivity index (χ2n) is 2.81. The van der Waals surface area contributed by atoms with Crippen LogP contribution in [0.4, 0.5) is 0 Å². The Labute approximate surface area is 73.7 Å². The standard InChI is InChI=1S/C8H15N2OP/c1-6-10-7(2)8(9-3)12(4,5)11/h6H,3H2,1-2,4-5H3/b8-7+,10-6?. The zero-order valence-corrected chi connectivity index (χ0v) is 8.93. The fourth-order valence-corrected chi connectivity index (χ4v) is 2.10. The summed E-state index contributed by atoms with van der Waals surface area (Å²) in [7, 11) is -2.32. The highest BCUT2D eigenvalue weighted by Crippen LogP contribution is 2.48. The van der Waals surface area contributed by atoms with Crippen molar-refractivity contribution >= 4 is 20.1 Å². The van der Waals surface area contributed by atoms with E-state index in [0.29, 0.717) is 11.1 Å². The molecule has 0 heterocycles. The van der Waals surface area contributed by atoms with E-state index in [0.717, 1.165) is 0 Å². The highest BCUT2D eigenvalue weighted by Gasteiger charge is 2.15. The van der Waals surface area contributed by atoms with Crippen LogP contribution in [0.1, 0.15) is 13.8 Å². The first-order valence-electron chi connectivity index (χ1n) is 3.65. The third kappa shape index (κ3) is 3.14. The van der Waals surface area contributed by atoms with E-state index < -0.39 is 7.14 Å². The summed E-state index contributed by atoms with van der Waals surface area (Å²) in [6, 6.07) is 0. The summed E-state index contributed by atoms with van der Waals surface area (Å²) in [5.41, 5.74) is 1.20. The van der Waals surface area contributed by atoms with Crippen molar-refractivity contribution < 1.29 is 4.57 Å². The fourth-order valence-electron chi connectivity index (χ4n) is 0.926. The summed E-state index contributed by atoms with van der Waals surface area (Å²) in [5.74, 6) is 0. The third-order valence-corrected chi connectivity index (χ3v) is 2.79. The summed E-state index contributed by atoms with van der Waals surface area (Å²) in [6.45, 7) is 10.3. The van der Waals surface area contributed by atoms with Gasteiger partial charge in [0.15, 0.2) is 0 Å². The third-order valence-electron chi connectivity index (χ3n) is 1.31. The predicted molar refractivity (Wildman–Crippen MR) is 55.9 cm³/mol. The Bertz CT molecular complexity index is 273. The zero-order valence-electron chi connectivity index (χ0n) is 8.03. The van der Waals surface area contributed by atoms with Gasteiger partial charge < -0.3 is 4.57 Å². The molecule has 0 aromatic carbocycles. The lowest BCUT2D eigenvalue weighted by atomic mass is 10.5. The van der Waals surface area contributed by atoms with Crippen LogP contribution in [0.3, 0.4) is 0 Å². The second-order valence-corrected chi connectivity index (χ2v) is 5.93. The van der Waals surface area contributed by atoms with Crippen LogP contribution in [0, 0.1) is 0 Å². The minimum Gasteiger partial charge on any atom is -0.318 e. The molecule has 0 aromatic heterocycles. The SMILES string of the molecule is C=N/C(=C(/C)N=CC)P(C)(C)=O. The van der Waals surface area contributed by atoms with Crippen LogP contribution in [0.15, 0.2) is 21.1 Å². The zero-order chi connectivity index (χ0) is 9.78. The van der Waals surface area contributed by atoms with Gasteiger partial charge in [-0.05, 0) is 33.9 Å². The molecule has 68 valence electrons. The normalized spacial score (nSPS) is 14.7. The van der Waals surface area contributed by atoms with Crippen LogP contribution in [0.5, 0.6) is 0 Å². The van der Waals surface area contributed by atoms with Crippen molar-refractivity contribution in [3.63, 3.8) is 0 Å². The Morgan fingerprint density at radius 1 is 1.50 bits per heavy atom. The number of hydrogen-bond donors (Lipinski definition) is 0. The number of hydrogen-bond acceptors (Lipinski definition) is 3. The Morgan fingerprint density at radius 2 is 2.00 bits per heavy atom. The molecule has 12 heavy (non-hydrogen) atoms. The Balaban J connectivity index is 5.14. The van der Waals surface area contributed by atoms with Gasteiger partial charge in [-0.2, -0.15) is 0 Å². The maximum atomic E-state index is 11.6. The van der Waals surface area contributed by atoms with Crippen molar-refractivity contribution in [3.05, 3.63) is 11.1 Å². The van der Waals surface area contributed by atoms with Crippen molar-refractivity contribution in [2.24, 2.45) is 9.98 Å². The van der Waals surface area contributed by atoms with Crippen LogP contribution in [0.25, 0.3) is 0 Å². The van der Waals surface area contributed by atoms with Crippen LogP contribution >= 0.6 is 7.14 Å². The van der Waals surface area contributed by atoms with E-state index in [1.165, 1.54) is 0 Å². The smallest absolute Gasteiger partial charge is 0.129 e. The molecule has 0 spiro atoms. The molecule has 0 rings (SSSR count). The first-order chi connectivity index (χ1) is 5.43. The second kappa shape index (κ2) is 4.36. The van der Waals surface area contributed by atoms with Crippen LogP contribution in [-0.4, -0.2) is 26.3 Å². The van der Waals surface area contributed by atoms with Crippen molar-refractivity contribution in [2.45, 2.75) is 13.8 Å². The van der Waals surface area contributed by atoms with Gasteiger partial charge in [0.05, 0.1) is 5.70 Å². The molecular formula is C8H15N2OP. The lowest BCUT2D eigenvalue weighted by molar-refractivity contribution is 0.585. The lowest BCUT2D eigenvalue weighted by Crippen LogP contribution is -1.84. The number of allylic oxidation sites excluding steroid dienone is 1.